The van der Waals surface area contributed by atoms with Crippen molar-refractivity contribution in [3.8, 4) is 0 Å². The highest BCUT2D eigenvalue weighted by atomic mass is 32.1. The number of hydrogen-bond acceptors (Lipinski definition) is 6. The first-order chi connectivity index (χ1) is 13.3. The Labute approximate surface area is 166 Å². The second-order valence-corrected chi connectivity index (χ2v) is 7.69. The number of hydrogen-bond donors (Lipinski definition) is 1. The number of esters is 1. The lowest BCUT2D eigenvalue weighted by Gasteiger charge is -2.21. The number of benzene rings is 1. The SMILES string of the molecule is Cc1cccc(C(=O)N[C@H](C(=O)OCc2cc(=O)n3ccsc3n2)C(C)C)c1. The molecule has 28 heavy (non-hydrogen) atoms. The summed E-state index contributed by atoms with van der Waals surface area (Å²) in [6, 6.07) is 7.66. The summed E-state index contributed by atoms with van der Waals surface area (Å²) in [5.74, 6) is -1.07. The highest BCUT2D eigenvalue weighted by Gasteiger charge is 2.26. The molecule has 3 rings (SSSR count). The van der Waals surface area contributed by atoms with E-state index in [2.05, 4.69) is 10.3 Å². The number of rotatable bonds is 6. The van der Waals surface area contributed by atoms with Crippen LogP contribution in [0.2, 0.25) is 0 Å². The van der Waals surface area contributed by atoms with Crippen LogP contribution < -0.4 is 10.9 Å². The van der Waals surface area contributed by atoms with Gasteiger partial charge in [-0.05, 0) is 25.0 Å². The molecule has 0 radical (unpaired) electrons. The Morgan fingerprint density at radius 1 is 1.29 bits per heavy atom. The second-order valence-electron chi connectivity index (χ2n) is 6.81. The largest absolute Gasteiger partial charge is 0.458 e. The average Bonchev–Trinajstić information content (AvgIpc) is 3.13. The quantitative estimate of drug-likeness (QED) is 0.644. The molecule has 1 aromatic carbocycles. The molecule has 0 saturated heterocycles. The summed E-state index contributed by atoms with van der Waals surface area (Å²) in [7, 11) is 0. The number of amides is 1. The van der Waals surface area contributed by atoms with Gasteiger partial charge in [0.05, 0.1) is 5.69 Å². The van der Waals surface area contributed by atoms with E-state index < -0.39 is 12.0 Å². The Kier molecular flexibility index (Phi) is 5.89. The molecule has 0 aliphatic heterocycles. The maximum Gasteiger partial charge on any atom is 0.329 e. The van der Waals surface area contributed by atoms with E-state index in [9.17, 15) is 14.4 Å². The van der Waals surface area contributed by atoms with Gasteiger partial charge in [0.1, 0.15) is 12.6 Å². The van der Waals surface area contributed by atoms with E-state index in [1.165, 1.54) is 21.8 Å². The van der Waals surface area contributed by atoms with E-state index in [1.54, 1.807) is 29.8 Å². The molecular weight excluding hydrogens is 378 g/mol. The van der Waals surface area contributed by atoms with E-state index in [4.69, 9.17) is 4.74 Å². The van der Waals surface area contributed by atoms with Crippen LogP contribution in [0, 0.1) is 12.8 Å². The molecule has 0 spiro atoms. The lowest BCUT2D eigenvalue weighted by Crippen LogP contribution is -2.45. The van der Waals surface area contributed by atoms with Crippen molar-refractivity contribution in [1.29, 1.82) is 0 Å². The third-order valence-electron chi connectivity index (χ3n) is 4.21. The summed E-state index contributed by atoms with van der Waals surface area (Å²) in [4.78, 5) is 41.9. The number of aryl methyl sites for hydroxylation is 1. The predicted molar refractivity (Wildman–Crippen MR) is 106 cm³/mol. The third-order valence-corrected chi connectivity index (χ3v) is 4.96. The predicted octanol–water partition coefficient (Wildman–Crippen LogP) is 2.56. The van der Waals surface area contributed by atoms with Crippen LogP contribution in [0.4, 0.5) is 0 Å². The molecule has 146 valence electrons. The Morgan fingerprint density at radius 2 is 2.07 bits per heavy atom. The van der Waals surface area contributed by atoms with E-state index in [-0.39, 0.29) is 24.0 Å². The van der Waals surface area contributed by atoms with Crippen LogP contribution in [0.3, 0.4) is 0 Å². The van der Waals surface area contributed by atoms with Gasteiger partial charge in [-0.1, -0.05) is 31.5 Å². The number of carbonyl (C=O) groups is 2. The maximum absolute atomic E-state index is 12.5. The van der Waals surface area contributed by atoms with Gasteiger partial charge in [0.15, 0.2) is 4.96 Å². The van der Waals surface area contributed by atoms with Crippen molar-refractivity contribution in [3.63, 3.8) is 0 Å². The molecule has 0 bridgehead atoms. The van der Waals surface area contributed by atoms with Gasteiger partial charge in [-0.3, -0.25) is 14.0 Å². The minimum Gasteiger partial charge on any atom is -0.458 e. The summed E-state index contributed by atoms with van der Waals surface area (Å²) in [6.07, 6.45) is 1.64. The monoisotopic (exact) mass is 399 g/mol. The van der Waals surface area contributed by atoms with Gasteiger partial charge < -0.3 is 10.1 Å². The Bertz CT molecular complexity index is 1070. The molecule has 2 heterocycles. The molecule has 0 aliphatic rings. The average molecular weight is 399 g/mol. The molecule has 2 aromatic heterocycles. The molecule has 0 fully saturated rings. The fourth-order valence-corrected chi connectivity index (χ4v) is 3.44. The van der Waals surface area contributed by atoms with Gasteiger partial charge in [-0.25, -0.2) is 9.78 Å². The van der Waals surface area contributed by atoms with Crippen molar-refractivity contribution in [2.45, 2.75) is 33.4 Å². The lowest BCUT2D eigenvalue weighted by molar-refractivity contribution is -0.148. The molecule has 0 saturated carbocycles. The van der Waals surface area contributed by atoms with Crippen LogP contribution in [-0.4, -0.2) is 27.3 Å². The van der Waals surface area contributed by atoms with Gasteiger partial charge in [0, 0.05) is 23.2 Å². The Morgan fingerprint density at radius 3 is 2.79 bits per heavy atom. The first kappa shape index (κ1) is 19.8. The van der Waals surface area contributed by atoms with Gasteiger partial charge in [0.25, 0.3) is 11.5 Å². The van der Waals surface area contributed by atoms with Gasteiger partial charge in [0.2, 0.25) is 0 Å². The Hall–Kier alpha value is -3.00. The van der Waals surface area contributed by atoms with Crippen LogP contribution in [0.15, 0.2) is 46.7 Å². The number of nitrogens with zero attached hydrogens (tertiary/aromatic N) is 2. The van der Waals surface area contributed by atoms with E-state index in [0.717, 1.165) is 5.56 Å². The van der Waals surface area contributed by atoms with Gasteiger partial charge >= 0.3 is 5.97 Å². The molecule has 7 nitrogen and oxygen atoms in total. The first-order valence-electron chi connectivity index (χ1n) is 8.85. The summed E-state index contributed by atoms with van der Waals surface area (Å²) in [5.41, 5.74) is 1.58. The van der Waals surface area contributed by atoms with Crippen molar-refractivity contribution in [3.05, 3.63) is 69.1 Å². The van der Waals surface area contributed by atoms with Crippen molar-refractivity contribution in [1.82, 2.24) is 14.7 Å². The molecule has 1 N–H and O–H groups in total. The molecule has 1 amide bonds. The molecule has 1 atom stereocenters. The number of carbonyl (C=O) groups excluding carboxylic acids is 2. The Balaban J connectivity index is 1.68. The summed E-state index contributed by atoms with van der Waals surface area (Å²) in [5, 5.41) is 4.49. The highest BCUT2D eigenvalue weighted by molar-refractivity contribution is 7.15. The number of ether oxygens (including phenoxy) is 1. The van der Waals surface area contributed by atoms with Crippen molar-refractivity contribution in [2.75, 3.05) is 0 Å². The number of fused-ring (bicyclic) bond motifs is 1. The van der Waals surface area contributed by atoms with Crippen LogP contribution in [0.1, 0.15) is 35.5 Å². The maximum atomic E-state index is 12.5. The minimum absolute atomic E-state index is 0.133. The molecular formula is C20H21N3O4S. The van der Waals surface area contributed by atoms with Crippen LogP contribution >= 0.6 is 11.3 Å². The zero-order valence-electron chi connectivity index (χ0n) is 15.8. The normalized spacial score (nSPS) is 12.1. The van der Waals surface area contributed by atoms with Gasteiger partial charge in [-0.15, -0.1) is 11.3 Å². The van der Waals surface area contributed by atoms with E-state index in [0.29, 0.717) is 16.2 Å². The summed E-state index contributed by atoms with van der Waals surface area (Å²) < 4.78 is 6.76. The minimum atomic E-state index is -0.806. The standard InChI is InChI=1S/C20H21N3O4S/c1-12(2)17(22-18(25)14-6-4-5-13(3)9-14)19(26)27-11-15-10-16(24)23-7-8-28-20(23)21-15/h4-10,12,17H,11H2,1-3H3,(H,22,25)/t17-/m0/s1. The number of aromatic nitrogens is 2. The van der Waals surface area contributed by atoms with E-state index in [1.807, 2.05) is 26.8 Å². The third kappa shape index (κ3) is 4.45. The van der Waals surface area contributed by atoms with E-state index >= 15 is 0 Å². The van der Waals surface area contributed by atoms with Gasteiger partial charge in [-0.2, -0.15) is 0 Å². The topological polar surface area (TPSA) is 89.8 Å². The molecule has 0 aliphatic carbocycles. The number of thiazole rings is 1. The molecule has 0 unspecified atom stereocenters. The first-order valence-corrected chi connectivity index (χ1v) is 9.73. The molecule has 3 aromatic rings. The number of nitrogens with one attached hydrogen (secondary N) is 1. The van der Waals surface area contributed by atoms with Crippen molar-refractivity contribution in [2.24, 2.45) is 5.92 Å². The lowest BCUT2D eigenvalue weighted by atomic mass is 10.0. The van der Waals surface area contributed by atoms with Crippen LogP contribution in [0.5, 0.6) is 0 Å². The highest BCUT2D eigenvalue weighted by Crippen LogP contribution is 2.11. The summed E-state index contributed by atoms with van der Waals surface area (Å²) in [6.45, 7) is 5.41. The van der Waals surface area contributed by atoms with Crippen LogP contribution in [0.25, 0.3) is 4.96 Å². The van der Waals surface area contributed by atoms with Crippen molar-refractivity contribution >= 4 is 28.2 Å². The molecule has 8 heteroatoms. The zero-order chi connectivity index (χ0) is 20.3. The fourth-order valence-electron chi connectivity index (χ4n) is 2.71. The zero-order valence-corrected chi connectivity index (χ0v) is 16.7. The van der Waals surface area contributed by atoms with Crippen LogP contribution in [-0.2, 0) is 16.1 Å². The second kappa shape index (κ2) is 8.35. The fraction of sp³-hybridized carbons (Fsp3) is 0.300. The van der Waals surface area contributed by atoms with Crippen molar-refractivity contribution < 1.29 is 14.3 Å². The summed E-state index contributed by atoms with van der Waals surface area (Å²) >= 11 is 1.32. The smallest absolute Gasteiger partial charge is 0.329 e.